The van der Waals surface area contributed by atoms with Crippen molar-refractivity contribution in [3.63, 3.8) is 0 Å². The summed E-state index contributed by atoms with van der Waals surface area (Å²) in [5.41, 5.74) is 0.755. The molecule has 0 atom stereocenters. The first-order chi connectivity index (χ1) is 5.81. The molecule has 3 heteroatoms. The van der Waals surface area contributed by atoms with Gasteiger partial charge in [0.15, 0.2) is 0 Å². The van der Waals surface area contributed by atoms with Crippen molar-refractivity contribution in [2.24, 2.45) is 0 Å². The molecule has 3 nitrogen and oxygen atoms in total. The molecule has 0 rings (SSSR count). The smallest absolute Gasteiger partial charge is 0.407 e. The SMILES string of the molecule is CC(C)=CCNC(=O)OC(C)(C)C. The Kier molecular flexibility index (Phi) is 4.52. The van der Waals surface area contributed by atoms with Crippen LogP contribution in [0.2, 0.25) is 0 Å². The summed E-state index contributed by atoms with van der Waals surface area (Å²) < 4.78 is 5.04. The average molecular weight is 185 g/mol. The molecule has 0 aliphatic carbocycles. The van der Waals surface area contributed by atoms with Gasteiger partial charge in [-0.2, -0.15) is 0 Å². The third-order valence-corrected chi connectivity index (χ3v) is 1.16. The molecule has 0 aromatic carbocycles. The standard InChI is InChI=1S/C10H19NO2/c1-8(2)6-7-11-9(12)13-10(3,4)5/h6H,7H2,1-5H3,(H,11,12). The zero-order valence-electron chi connectivity index (χ0n) is 9.10. The molecule has 0 aromatic rings. The van der Waals surface area contributed by atoms with E-state index in [0.29, 0.717) is 6.54 Å². The van der Waals surface area contributed by atoms with Crippen LogP contribution in [0.3, 0.4) is 0 Å². The quantitative estimate of drug-likeness (QED) is 0.671. The molecule has 1 N–H and O–H groups in total. The molecule has 0 fully saturated rings. The van der Waals surface area contributed by atoms with Crippen LogP contribution in [0.4, 0.5) is 4.79 Å². The van der Waals surface area contributed by atoms with E-state index in [1.165, 1.54) is 5.57 Å². The fraction of sp³-hybridized carbons (Fsp3) is 0.700. The summed E-state index contributed by atoms with van der Waals surface area (Å²) in [6, 6.07) is 0. The Bertz CT molecular complexity index is 197. The van der Waals surface area contributed by atoms with Crippen LogP contribution in [0.25, 0.3) is 0 Å². The van der Waals surface area contributed by atoms with Crippen LogP contribution in [0.1, 0.15) is 34.6 Å². The number of ether oxygens (including phenoxy) is 1. The van der Waals surface area contributed by atoms with Crippen molar-refractivity contribution in [3.8, 4) is 0 Å². The summed E-state index contributed by atoms with van der Waals surface area (Å²) in [6.45, 7) is 10.0. The first-order valence-electron chi connectivity index (χ1n) is 4.41. The Morgan fingerprint density at radius 3 is 2.31 bits per heavy atom. The summed E-state index contributed by atoms with van der Waals surface area (Å²) in [7, 11) is 0. The number of carbonyl (C=O) groups is 1. The molecular formula is C10H19NO2. The number of alkyl carbamates (subject to hydrolysis) is 1. The van der Waals surface area contributed by atoms with Gasteiger partial charge in [0.25, 0.3) is 0 Å². The molecule has 0 aliphatic heterocycles. The van der Waals surface area contributed by atoms with Gasteiger partial charge in [-0.05, 0) is 34.6 Å². The number of allylic oxidation sites excluding steroid dienone is 1. The number of carbonyl (C=O) groups excluding carboxylic acids is 1. The molecule has 0 saturated carbocycles. The van der Waals surface area contributed by atoms with Gasteiger partial charge >= 0.3 is 6.09 Å². The van der Waals surface area contributed by atoms with E-state index in [4.69, 9.17) is 4.74 Å². The first kappa shape index (κ1) is 12.0. The zero-order chi connectivity index (χ0) is 10.5. The fourth-order valence-electron chi connectivity index (χ4n) is 0.653. The van der Waals surface area contributed by atoms with Gasteiger partial charge in [0.2, 0.25) is 0 Å². The maximum Gasteiger partial charge on any atom is 0.407 e. The van der Waals surface area contributed by atoms with Crippen LogP contribution in [0.5, 0.6) is 0 Å². The Balaban J connectivity index is 3.71. The molecule has 76 valence electrons. The van der Waals surface area contributed by atoms with Crippen LogP contribution in [0, 0.1) is 0 Å². The minimum Gasteiger partial charge on any atom is -0.444 e. The van der Waals surface area contributed by atoms with Gasteiger partial charge in [-0.15, -0.1) is 0 Å². The number of nitrogens with one attached hydrogen (secondary N) is 1. The second-order valence-corrected chi connectivity index (χ2v) is 4.16. The molecule has 1 amide bonds. The first-order valence-corrected chi connectivity index (χ1v) is 4.41. The number of amides is 1. The number of hydrogen-bond donors (Lipinski definition) is 1. The lowest BCUT2D eigenvalue weighted by molar-refractivity contribution is 0.0534. The van der Waals surface area contributed by atoms with Gasteiger partial charge in [-0.1, -0.05) is 11.6 Å². The minimum absolute atomic E-state index is 0.370. The van der Waals surface area contributed by atoms with Gasteiger partial charge in [-0.3, -0.25) is 0 Å². The molecule has 0 aromatic heterocycles. The molecular weight excluding hydrogens is 166 g/mol. The molecule has 0 heterocycles. The highest BCUT2D eigenvalue weighted by Crippen LogP contribution is 2.06. The topological polar surface area (TPSA) is 38.3 Å². The molecule has 0 spiro atoms. The summed E-state index contributed by atoms with van der Waals surface area (Å²) in [5.74, 6) is 0. The normalized spacial score (nSPS) is 10.5. The average Bonchev–Trinajstić information content (AvgIpc) is 1.81. The molecule has 0 saturated heterocycles. The second kappa shape index (κ2) is 4.90. The van der Waals surface area contributed by atoms with E-state index in [9.17, 15) is 4.79 Å². The van der Waals surface area contributed by atoms with Gasteiger partial charge in [0.05, 0.1) is 0 Å². The Labute approximate surface area is 80.2 Å². The lowest BCUT2D eigenvalue weighted by atomic mass is 10.2. The lowest BCUT2D eigenvalue weighted by Gasteiger charge is -2.19. The summed E-state index contributed by atoms with van der Waals surface area (Å²) in [5, 5.41) is 2.63. The predicted molar refractivity (Wildman–Crippen MR) is 53.7 cm³/mol. The van der Waals surface area contributed by atoms with Crippen LogP contribution in [0.15, 0.2) is 11.6 Å². The largest absolute Gasteiger partial charge is 0.444 e. The fourth-order valence-corrected chi connectivity index (χ4v) is 0.653. The second-order valence-electron chi connectivity index (χ2n) is 4.16. The Morgan fingerprint density at radius 1 is 1.38 bits per heavy atom. The van der Waals surface area contributed by atoms with E-state index in [0.717, 1.165) is 0 Å². The highest BCUT2D eigenvalue weighted by Gasteiger charge is 2.14. The Hall–Kier alpha value is -0.990. The van der Waals surface area contributed by atoms with Crippen molar-refractivity contribution < 1.29 is 9.53 Å². The van der Waals surface area contributed by atoms with Gasteiger partial charge in [0.1, 0.15) is 5.60 Å². The highest BCUT2D eigenvalue weighted by atomic mass is 16.6. The van der Waals surface area contributed by atoms with Crippen LogP contribution in [-0.4, -0.2) is 18.2 Å². The summed E-state index contributed by atoms with van der Waals surface area (Å²) in [4.78, 5) is 11.1. The van der Waals surface area contributed by atoms with E-state index in [-0.39, 0.29) is 6.09 Å². The van der Waals surface area contributed by atoms with Crippen LogP contribution < -0.4 is 5.32 Å². The predicted octanol–water partition coefficient (Wildman–Crippen LogP) is 2.48. The third kappa shape index (κ3) is 8.92. The van der Waals surface area contributed by atoms with Crippen molar-refractivity contribution >= 4 is 6.09 Å². The van der Waals surface area contributed by atoms with Gasteiger partial charge < -0.3 is 10.1 Å². The summed E-state index contributed by atoms with van der Waals surface area (Å²) >= 11 is 0. The third-order valence-electron chi connectivity index (χ3n) is 1.16. The van der Waals surface area contributed by atoms with E-state index >= 15 is 0 Å². The van der Waals surface area contributed by atoms with E-state index < -0.39 is 5.60 Å². The van der Waals surface area contributed by atoms with Crippen molar-refractivity contribution in [1.82, 2.24) is 5.32 Å². The molecule has 0 bridgehead atoms. The van der Waals surface area contributed by atoms with Crippen molar-refractivity contribution in [1.29, 1.82) is 0 Å². The van der Waals surface area contributed by atoms with E-state index in [1.807, 2.05) is 40.7 Å². The zero-order valence-corrected chi connectivity index (χ0v) is 9.10. The Morgan fingerprint density at radius 2 is 1.92 bits per heavy atom. The van der Waals surface area contributed by atoms with Crippen molar-refractivity contribution in [2.75, 3.05) is 6.54 Å². The van der Waals surface area contributed by atoms with Crippen LogP contribution in [-0.2, 0) is 4.74 Å². The van der Waals surface area contributed by atoms with Gasteiger partial charge in [-0.25, -0.2) is 4.79 Å². The van der Waals surface area contributed by atoms with Crippen molar-refractivity contribution in [2.45, 2.75) is 40.2 Å². The minimum atomic E-state index is -0.422. The summed E-state index contributed by atoms with van der Waals surface area (Å²) in [6.07, 6.45) is 1.56. The molecule has 0 unspecified atom stereocenters. The van der Waals surface area contributed by atoms with Gasteiger partial charge in [0, 0.05) is 6.54 Å². The monoisotopic (exact) mass is 185 g/mol. The van der Waals surface area contributed by atoms with Crippen molar-refractivity contribution in [3.05, 3.63) is 11.6 Å². The van der Waals surface area contributed by atoms with E-state index in [1.54, 1.807) is 0 Å². The lowest BCUT2D eigenvalue weighted by Crippen LogP contribution is -2.32. The number of hydrogen-bond acceptors (Lipinski definition) is 2. The molecule has 0 radical (unpaired) electrons. The maximum absolute atomic E-state index is 11.1. The number of rotatable bonds is 2. The highest BCUT2D eigenvalue weighted by molar-refractivity contribution is 5.67. The molecule has 13 heavy (non-hydrogen) atoms. The van der Waals surface area contributed by atoms with Crippen LogP contribution >= 0.6 is 0 Å². The molecule has 0 aliphatic rings. The van der Waals surface area contributed by atoms with E-state index in [2.05, 4.69) is 5.32 Å². The maximum atomic E-state index is 11.1.